The minimum atomic E-state index is 0.292. The second-order valence-corrected chi connectivity index (χ2v) is 4.20. The van der Waals surface area contributed by atoms with E-state index in [2.05, 4.69) is 20.9 Å². The van der Waals surface area contributed by atoms with E-state index < -0.39 is 0 Å². The Morgan fingerprint density at radius 3 is 2.69 bits per heavy atom. The van der Waals surface area contributed by atoms with E-state index in [0.29, 0.717) is 25.5 Å². The molecule has 0 aliphatic carbocycles. The average Bonchev–Trinajstić information content (AvgIpc) is 2.50. The van der Waals surface area contributed by atoms with Crippen LogP contribution in [0.2, 0.25) is 0 Å². The maximum Gasteiger partial charge on any atom is 0.235 e. The van der Waals surface area contributed by atoms with Crippen molar-refractivity contribution in [2.45, 2.75) is 13.0 Å². The molecule has 0 radical (unpaired) electrons. The summed E-state index contributed by atoms with van der Waals surface area (Å²) in [6, 6.07) is 3.68. The lowest BCUT2D eigenvalue weighted by Crippen LogP contribution is -1.97. The van der Waals surface area contributed by atoms with Crippen molar-refractivity contribution in [3.8, 4) is 11.5 Å². The molecule has 84 valence electrons. The van der Waals surface area contributed by atoms with Crippen LogP contribution in [0, 0.1) is 0 Å². The van der Waals surface area contributed by atoms with E-state index in [9.17, 15) is 4.79 Å². The average molecular weight is 284 g/mol. The Bertz CT molecular complexity index is 441. The lowest BCUT2D eigenvalue weighted by Gasteiger charge is -2.09. The Morgan fingerprint density at radius 1 is 1.31 bits per heavy atom. The molecule has 1 aromatic rings. The molecular weight excluding hydrogens is 274 g/mol. The highest BCUT2D eigenvalue weighted by atomic mass is 79.9. The zero-order chi connectivity index (χ0) is 11.4. The summed E-state index contributed by atoms with van der Waals surface area (Å²) in [5.41, 5.74) is 0.882. The smallest absolute Gasteiger partial charge is 0.235 e. The van der Waals surface area contributed by atoms with Gasteiger partial charge in [-0.15, -0.1) is 0 Å². The topological polar surface area (TPSA) is 47.9 Å². The Balaban J connectivity index is 2.34. The molecule has 0 N–H and O–H groups in total. The van der Waals surface area contributed by atoms with Crippen LogP contribution in [0.15, 0.2) is 21.6 Å². The molecule has 0 bridgehead atoms. The Morgan fingerprint density at radius 2 is 2.00 bits per heavy atom. The lowest BCUT2D eigenvalue weighted by atomic mass is 10.2. The van der Waals surface area contributed by atoms with Crippen LogP contribution in [-0.4, -0.2) is 19.3 Å². The van der Waals surface area contributed by atoms with Crippen molar-refractivity contribution in [2.24, 2.45) is 4.99 Å². The number of carbonyl (C=O) groups excluding carboxylic acids is 1. The molecule has 0 fully saturated rings. The number of aliphatic imine (C=N–C) groups is 1. The van der Waals surface area contributed by atoms with Crippen LogP contribution >= 0.6 is 15.9 Å². The number of hydrogen-bond donors (Lipinski definition) is 0. The second-order valence-electron chi connectivity index (χ2n) is 3.35. The third-order valence-corrected chi connectivity index (χ3v) is 2.97. The fourth-order valence-electron chi connectivity index (χ4n) is 1.46. The summed E-state index contributed by atoms with van der Waals surface area (Å²) < 4.78 is 11.9. The highest BCUT2D eigenvalue weighted by molar-refractivity contribution is 9.10. The third-order valence-electron chi connectivity index (χ3n) is 2.23. The van der Waals surface area contributed by atoms with E-state index in [1.165, 1.54) is 6.08 Å². The first kappa shape index (κ1) is 11.2. The SMILES string of the molecule is O=C=NCc1cc2c(cc1Br)OCCCO2. The Labute approximate surface area is 101 Å². The maximum atomic E-state index is 10.1. The molecule has 0 saturated heterocycles. The summed E-state index contributed by atoms with van der Waals surface area (Å²) in [6.45, 7) is 1.59. The van der Waals surface area contributed by atoms with Gasteiger partial charge in [-0.1, -0.05) is 15.9 Å². The van der Waals surface area contributed by atoms with Crippen molar-refractivity contribution in [3.05, 3.63) is 22.2 Å². The molecule has 0 amide bonds. The largest absolute Gasteiger partial charge is 0.490 e. The summed E-state index contributed by atoms with van der Waals surface area (Å²) in [6.07, 6.45) is 2.39. The van der Waals surface area contributed by atoms with Crippen LogP contribution in [0.5, 0.6) is 11.5 Å². The molecular formula is C11H10BrNO3. The summed E-state index contributed by atoms with van der Waals surface area (Å²) >= 11 is 3.41. The fourth-order valence-corrected chi connectivity index (χ4v) is 1.91. The first-order valence-electron chi connectivity index (χ1n) is 4.93. The molecule has 5 heteroatoms. The van der Waals surface area contributed by atoms with Crippen molar-refractivity contribution in [1.29, 1.82) is 0 Å². The molecule has 0 aromatic heterocycles. The van der Waals surface area contributed by atoms with E-state index in [0.717, 1.165) is 22.2 Å². The minimum absolute atomic E-state index is 0.292. The van der Waals surface area contributed by atoms with Gasteiger partial charge in [0.15, 0.2) is 11.5 Å². The van der Waals surface area contributed by atoms with E-state index in [4.69, 9.17) is 9.47 Å². The number of ether oxygens (including phenoxy) is 2. The van der Waals surface area contributed by atoms with Crippen molar-refractivity contribution in [3.63, 3.8) is 0 Å². The number of benzene rings is 1. The van der Waals surface area contributed by atoms with Crippen LogP contribution in [-0.2, 0) is 11.3 Å². The first-order chi connectivity index (χ1) is 7.81. The van der Waals surface area contributed by atoms with Crippen LogP contribution in [0.4, 0.5) is 0 Å². The minimum Gasteiger partial charge on any atom is -0.490 e. The molecule has 16 heavy (non-hydrogen) atoms. The molecule has 1 aromatic carbocycles. The van der Waals surface area contributed by atoms with Gasteiger partial charge >= 0.3 is 0 Å². The van der Waals surface area contributed by atoms with Gasteiger partial charge in [0.05, 0.1) is 19.8 Å². The third kappa shape index (κ3) is 2.43. The maximum absolute atomic E-state index is 10.1. The Hall–Kier alpha value is -1.32. The summed E-state index contributed by atoms with van der Waals surface area (Å²) in [5, 5.41) is 0. The quantitative estimate of drug-likeness (QED) is 0.619. The second kappa shape index (κ2) is 5.14. The van der Waals surface area contributed by atoms with Crippen LogP contribution in [0.1, 0.15) is 12.0 Å². The van der Waals surface area contributed by atoms with Gasteiger partial charge in [-0.05, 0) is 17.7 Å². The summed E-state index contributed by atoms with van der Waals surface area (Å²) in [5.74, 6) is 1.43. The van der Waals surface area contributed by atoms with E-state index in [-0.39, 0.29) is 0 Å². The van der Waals surface area contributed by atoms with Gasteiger partial charge in [0.25, 0.3) is 0 Å². The van der Waals surface area contributed by atoms with E-state index in [1.807, 2.05) is 12.1 Å². The van der Waals surface area contributed by atoms with Crippen molar-refractivity contribution < 1.29 is 14.3 Å². The van der Waals surface area contributed by atoms with Gasteiger partial charge in [0.1, 0.15) is 0 Å². The zero-order valence-electron chi connectivity index (χ0n) is 8.53. The number of halogens is 1. The van der Waals surface area contributed by atoms with Gasteiger partial charge in [0, 0.05) is 10.9 Å². The molecule has 0 spiro atoms. The normalized spacial score (nSPS) is 13.8. The summed E-state index contributed by atoms with van der Waals surface area (Å²) in [7, 11) is 0. The number of fused-ring (bicyclic) bond motifs is 1. The molecule has 0 unspecified atom stereocenters. The van der Waals surface area contributed by atoms with E-state index in [1.54, 1.807) is 0 Å². The number of nitrogens with zero attached hydrogens (tertiary/aromatic N) is 1. The van der Waals surface area contributed by atoms with Gasteiger partial charge in [0.2, 0.25) is 6.08 Å². The zero-order valence-corrected chi connectivity index (χ0v) is 10.1. The Kier molecular flexibility index (Phi) is 3.59. The highest BCUT2D eigenvalue weighted by Gasteiger charge is 2.13. The monoisotopic (exact) mass is 283 g/mol. The molecule has 0 saturated carbocycles. The van der Waals surface area contributed by atoms with Gasteiger partial charge in [-0.2, -0.15) is 0 Å². The molecule has 1 aliphatic heterocycles. The van der Waals surface area contributed by atoms with Crippen molar-refractivity contribution in [1.82, 2.24) is 0 Å². The fraction of sp³-hybridized carbons (Fsp3) is 0.364. The van der Waals surface area contributed by atoms with Crippen LogP contribution < -0.4 is 9.47 Å². The number of hydrogen-bond acceptors (Lipinski definition) is 4. The molecule has 0 atom stereocenters. The summed E-state index contributed by atoms with van der Waals surface area (Å²) in [4.78, 5) is 13.6. The predicted molar refractivity (Wildman–Crippen MR) is 61.6 cm³/mol. The van der Waals surface area contributed by atoms with Crippen LogP contribution in [0.3, 0.4) is 0 Å². The van der Waals surface area contributed by atoms with Crippen LogP contribution in [0.25, 0.3) is 0 Å². The van der Waals surface area contributed by atoms with Gasteiger partial charge in [-0.3, -0.25) is 0 Å². The molecule has 4 nitrogen and oxygen atoms in total. The predicted octanol–water partition coefficient (Wildman–Crippen LogP) is 2.45. The molecule has 1 heterocycles. The van der Waals surface area contributed by atoms with E-state index >= 15 is 0 Å². The first-order valence-corrected chi connectivity index (χ1v) is 5.72. The van der Waals surface area contributed by atoms with Gasteiger partial charge in [-0.25, -0.2) is 9.79 Å². The van der Waals surface area contributed by atoms with Crippen molar-refractivity contribution >= 4 is 22.0 Å². The molecule has 2 rings (SSSR count). The standard InChI is InChI=1S/C11H10BrNO3/c12-9-5-11-10(15-2-1-3-16-11)4-8(9)6-13-7-14/h4-5H,1-3,6H2. The number of isocyanates is 1. The molecule has 1 aliphatic rings. The van der Waals surface area contributed by atoms with Gasteiger partial charge < -0.3 is 9.47 Å². The number of rotatable bonds is 2. The van der Waals surface area contributed by atoms with Crippen molar-refractivity contribution in [2.75, 3.05) is 13.2 Å². The lowest BCUT2D eigenvalue weighted by molar-refractivity contribution is 0.297. The highest BCUT2D eigenvalue weighted by Crippen LogP contribution is 2.35.